The van der Waals surface area contributed by atoms with Gasteiger partial charge in [0.1, 0.15) is 0 Å². The molecule has 0 saturated heterocycles. The number of benzene rings is 1. The van der Waals surface area contributed by atoms with E-state index in [1.807, 2.05) is 18.2 Å². The van der Waals surface area contributed by atoms with Crippen molar-refractivity contribution in [3.05, 3.63) is 35.4 Å². The molecule has 1 aromatic rings. The van der Waals surface area contributed by atoms with Crippen molar-refractivity contribution in [1.82, 2.24) is 0 Å². The molecule has 2 heteroatoms. The molecule has 86 valence electrons. The molecule has 0 bridgehead atoms. The normalized spacial score (nSPS) is 27.7. The highest BCUT2D eigenvalue weighted by molar-refractivity contribution is 5.31. The second-order valence-electron chi connectivity index (χ2n) is 5.09. The summed E-state index contributed by atoms with van der Waals surface area (Å²) in [6.45, 7) is 0. The van der Waals surface area contributed by atoms with E-state index < -0.39 is 6.29 Å². The van der Waals surface area contributed by atoms with Crippen molar-refractivity contribution in [2.75, 3.05) is 0 Å². The zero-order valence-corrected chi connectivity index (χ0v) is 9.48. The van der Waals surface area contributed by atoms with E-state index in [-0.39, 0.29) is 5.60 Å². The van der Waals surface area contributed by atoms with Gasteiger partial charge in [0.2, 0.25) is 0 Å². The van der Waals surface area contributed by atoms with Gasteiger partial charge in [0.15, 0.2) is 6.29 Å². The molecule has 1 heterocycles. The fourth-order valence-corrected chi connectivity index (χ4v) is 3.12. The molecule has 0 radical (unpaired) electrons. The predicted octanol–water partition coefficient (Wildman–Crippen LogP) is 2.95. The van der Waals surface area contributed by atoms with Gasteiger partial charge in [-0.05, 0) is 18.4 Å². The second-order valence-corrected chi connectivity index (χ2v) is 5.09. The summed E-state index contributed by atoms with van der Waals surface area (Å²) in [5.41, 5.74) is 2.15. The molecule has 1 fully saturated rings. The smallest absolute Gasteiger partial charge is 0.182 e. The van der Waals surface area contributed by atoms with Crippen LogP contribution in [0.3, 0.4) is 0 Å². The third kappa shape index (κ3) is 1.66. The van der Waals surface area contributed by atoms with Crippen molar-refractivity contribution < 1.29 is 9.84 Å². The average Bonchev–Trinajstić information content (AvgIpc) is 2.30. The fourth-order valence-electron chi connectivity index (χ4n) is 3.12. The molecule has 1 N–H and O–H groups in total. The van der Waals surface area contributed by atoms with Gasteiger partial charge in [-0.3, -0.25) is 0 Å². The van der Waals surface area contributed by atoms with Crippen LogP contribution in [-0.2, 0) is 11.2 Å². The molecule has 1 aromatic carbocycles. The van der Waals surface area contributed by atoms with E-state index in [0.717, 1.165) is 24.8 Å². The van der Waals surface area contributed by atoms with Crippen LogP contribution in [0.15, 0.2) is 24.3 Å². The summed E-state index contributed by atoms with van der Waals surface area (Å²) in [6.07, 6.45) is 6.21. The van der Waals surface area contributed by atoms with Crippen molar-refractivity contribution in [3.8, 4) is 0 Å². The number of aliphatic hydroxyl groups is 1. The van der Waals surface area contributed by atoms with Crippen LogP contribution < -0.4 is 0 Å². The van der Waals surface area contributed by atoms with Crippen LogP contribution in [0.1, 0.15) is 49.5 Å². The van der Waals surface area contributed by atoms with Gasteiger partial charge in [0.25, 0.3) is 0 Å². The third-order valence-corrected chi connectivity index (χ3v) is 3.96. The van der Waals surface area contributed by atoms with Crippen molar-refractivity contribution in [3.63, 3.8) is 0 Å². The van der Waals surface area contributed by atoms with Gasteiger partial charge in [0.05, 0.1) is 5.60 Å². The Hall–Kier alpha value is -0.860. The molecule has 1 atom stereocenters. The molecule has 16 heavy (non-hydrogen) atoms. The van der Waals surface area contributed by atoms with Crippen LogP contribution in [-0.4, -0.2) is 10.7 Å². The monoisotopic (exact) mass is 218 g/mol. The van der Waals surface area contributed by atoms with Crippen molar-refractivity contribution >= 4 is 0 Å². The summed E-state index contributed by atoms with van der Waals surface area (Å²) in [6, 6.07) is 8.10. The topological polar surface area (TPSA) is 29.5 Å². The minimum Gasteiger partial charge on any atom is -0.364 e. The fraction of sp³-hybridized carbons (Fsp3) is 0.571. The molecule has 3 rings (SSSR count). The minimum atomic E-state index is -0.719. The molecule has 0 amide bonds. The molecular formula is C14H18O2. The number of hydrogen-bond acceptors (Lipinski definition) is 2. The summed E-state index contributed by atoms with van der Waals surface area (Å²) >= 11 is 0. The van der Waals surface area contributed by atoms with Crippen LogP contribution in [0.25, 0.3) is 0 Å². The van der Waals surface area contributed by atoms with E-state index in [1.165, 1.54) is 24.8 Å². The van der Waals surface area contributed by atoms with E-state index in [9.17, 15) is 5.11 Å². The van der Waals surface area contributed by atoms with Gasteiger partial charge >= 0.3 is 0 Å². The Labute approximate surface area is 96.2 Å². The first kappa shape index (κ1) is 10.3. The molecule has 2 aliphatic rings. The Morgan fingerprint density at radius 3 is 2.69 bits per heavy atom. The lowest BCUT2D eigenvalue weighted by Crippen LogP contribution is -2.42. The van der Waals surface area contributed by atoms with Crippen LogP contribution in [0.5, 0.6) is 0 Å². The summed E-state index contributed by atoms with van der Waals surface area (Å²) in [5, 5.41) is 10.1. The number of hydrogen-bond donors (Lipinski definition) is 1. The Morgan fingerprint density at radius 2 is 1.88 bits per heavy atom. The van der Waals surface area contributed by atoms with Crippen LogP contribution in [0.2, 0.25) is 0 Å². The van der Waals surface area contributed by atoms with Gasteiger partial charge < -0.3 is 9.84 Å². The van der Waals surface area contributed by atoms with E-state index in [0.29, 0.717) is 0 Å². The molecule has 0 unspecified atom stereocenters. The maximum atomic E-state index is 10.1. The Balaban J connectivity index is 1.93. The summed E-state index contributed by atoms with van der Waals surface area (Å²) in [4.78, 5) is 0. The average molecular weight is 218 g/mol. The van der Waals surface area contributed by atoms with Gasteiger partial charge in [0, 0.05) is 12.0 Å². The maximum absolute atomic E-state index is 10.1. The predicted molar refractivity (Wildman–Crippen MR) is 62.0 cm³/mol. The second kappa shape index (κ2) is 3.86. The number of aliphatic hydroxyl groups excluding tert-OH is 1. The quantitative estimate of drug-likeness (QED) is 0.725. The standard InChI is InChI=1S/C14H18O2/c15-13-12-7-3-2-6-11(12)10-14(16-13)8-4-1-5-9-14/h2-3,6-7,13,15H,1,4-5,8-10H2/t13-/m0/s1. The zero-order valence-electron chi connectivity index (χ0n) is 9.48. The highest BCUT2D eigenvalue weighted by atomic mass is 16.6. The Morgan fingerprint density at radius 1 is 1.12 bits per heavy atom. The highest BCUT2D eigenvalue weighted by Gasteiger charge is 2.39. The van der Waals surface area contributed by atoms with Crippen molar-refractivity contribution in [2.45, 2.75) is 50.4 Å². The summed E-state index contributed by atoms with van der Waals surface area (Å²) in [5.74, 6) is 0. The van der Waals surface area contributed by atoms with Gasteiger partial charge in [-0.15, -0.1) is 0 Å². The minimum absolute atomic E-state index is 0.0774. The number of fused-ring (bicyclic) bond motifs is 1. The Bertz CT molecular complexity index is 380. The first-order chi connectivity index (χ1) is 7.79. The number of ether oxygens (including phenoxy) is 1. The summed E-state index contributed by atoms with van der Waals surface area (Å²) in [7, 11) is 0. The first-order valence-corrected chi connectivity index (χ1v) is 6.23. The summed E-state index contributed by atoms with van der Waals surface area (Å²) < 4.78 is 5.90. The molecule has 1 saturated carbocycles. The molecule has 2 nitrogen and oxygen atoms in total. The molecule has 1 aliphatic carbocycles. The van der Waals surface area contributed by atoms with Crippen LogP contribution >= 0.6 is 0 Å². The van der Waals surface area contributed by atoms with Crippen LogP contribution in [0.4, 0.5) is 0 Å². The lowest BCUT2D eigenvalue weighted by Gasteiger charge is -2.43. The molecule has 1 aliphatic heterocycles. The SMILES string of the molecule is O[C@H]1OC2(CCCCC2)Cc2ccccc21. The lowest BCUT2D eigenvalue weighted by molar-refractivity contribution is -0.210. The Kier molecular flexibility index (Phi) is 2.49. The third-order valence-electron chi connectivity index (χ3n) is 3.96. The molecule has 1 spiro atoms. The van der Waals surface area contributed by atoms with Crippen LogP contribution in [0, 0.1) is 0 Å². The zero-order chi connectivity index (χ0) is 11.0. The first-order valence-electron chi connectivity index (χ1n) is 6.23. The molecule has 0 aromatic heterocycles. The van der Waals surface area contributed by atoms with Gasteiger partial charge in [-0.25, -0.2) is 0 Å². The van der Waals surface area contributed by atoms with Crippen molar-refractivity contribution in [1.29, 1.82) is 0 Å². The van der Waals surface area contributed by atoms with E-state index >= 15 is 0 Å². The van der Waals surface area contributed by atoms with E-state index in [2.05, 4.69) is 6.07 Å². The highest BCUT2D eigenvalue weighted by Crippen LogP contribution is 2.42. The molecular weight excluding hydrogens is 200 g/mol. The van der Waals surface area contributed by atoms with E-state index in [1.54, 1.807) is 0 Å². The lowest BCUT2D eigenvalue weighted by atomic mass is 9.78. The van der Waals surface area contributed by atoms with Gasteiger partial charge in [-0.1, -0.05) is 43.5 Å². The largest absolute Gasteiger partial charge is 0.364 e. The van der Waals surface area contributed by atoms with Gasteiger partial charge in [-0.2, -0.15) is 0 Å². The maximum Gasteiger partial charge on any atom is 0.182 e. The number of rotatable bonds is 0. The van der Waals surface area contributed by atoms with Crippen molar-refractivity contribution in [2.24, 2.45) is 0 Å². The van der Waals surface area contributed by atoms with E-state index in [4.69, 9.17) is 4.74 Å².